The van der Waals surface area contributed by atoms with E-state index in [2.05, 4.69) is 6.07 Å². The van der Waals surface area contributed by atoms with Crippen molar-refractivity contribution >= 4 is 21.4 Å². The summed E-state index contributed by atoms with van der Waals surface area (Å²) >= 11 is 1.33. The lowest BCUT2D eigenvalue weighted by Gasteiger charge is -1.89. The predicted octanol–water partition coefficient (Wildman–Crippen LogP) is 3.22. The number of halogens is 1. The fourth-order valence-corrected chi connectivity index (χ4v) is 2.35. The van der Waals surface area contributed by atoms with Crippen molar-refractivity contribution in [1.29, 1.82) is 5.26 Å². The molecule has 2 rings (SSSR count). The molecule has 0 fully saturated rings. The molecule has 0 aliphatic carbocycles. The number of nitrogens with zero attached hydrogens (tertiary/aromatic N) is 1. The summed E-state index contributed by atoms with van der Waals surface area (Å²) in [4.78, 5) is 0.877. The minimum Gasteiger partial charge on any atom is -0.205 e. The van der Waals surface area contributed by atoms with Crippen molar-refractivity contribution in [3.05, 3.63) is 34.5 Å². The van der Waals surface area contributed by atoms with Gasteiger partial charge in [0.2, 0.25) is 0 Å². The molecular formula is C10H6FNS. The van der Waals surface area contributed by atoms with Crippen molar-refractivity contribution in [2.45, 2.75) is 6.92 Å². The molecule has 0 saturated carbocycles. The normalized spacial score (nSPS) is 10.2. The van der Waals surface area contributed by atoms with E-state index in [1.54, 1.807) is 12.1 Å². The second-order valence-electron chi connectivity index (χ2n) is 2.76. The monoisotopic (exact) mass is 191 g/mol. The minimum atomic E-state index is -0.243. The molecule has 0 bridgehead atoms. The van der Waals surface area contributed by atoms with Gasteiger partial charge < -0.3 is 0 Å². The van der Waals surface area contributed by atoms with E-state index in [4.69, 9.17) is 5.26 Å². The zero-order chi connectivity index (χ0) is 9.42. The summed E-state index contributed by atoms with van der Waals surface area (Å²) in [5, 5.41) is 9.56. The Bertz CT molecular complexity index is 507. The molecule has 1 heterocycles. The molecule has 0 amide bonds. The third kappa shape index (κ3) is 1.11. The van der Waals surface area contributed by atoms with Gasteiger partial charge in [-0.3, -0.25) is 0 Å². The first-order valence-corrected chi connectivity index (χ1v) is 4.63. The molecule has 0 radical (unpaired) electrons. The summed E-state index contributed by atoms with van der Waals surface area (Å²) < 4.78 is 13.8. The van der Waals surface area contributed by atoms with Crippen LogP contribution in [0.5, 0.6) is 0 Å². The fourth-order valence-electron chi connectivity index (χ4n) is 1.34. The topological polar surface area (TPSA) is 23.8 Å². The first-order chi connectivity index (χ1) is 6.24. The largest absolute Gasteiger partial charge is 0.205 e. The highest BCUT2D eigenvalue weighted by Gasteiger charge is 2.10. The average molecular weight is 191 g/mol. The van der Waals surface area contributed by atoms with Gasteiger partial charge in [0, 0.05) is 10.3 Å². The van der Waals surface area contributed by atoms with Crippen LogP contribution in [0.3, 0.4) is 0 Å². The summed E-state index contributed by atoms with van der Waals surface area (Å²) in [6.45, 7) is 1.84. The molecule has 0 unspecified atom stereocenters. The standard InChI is InChI=1S/C10H6FNS/c1-6-8(5-12)7-3-2-4-9(11)10(7)13-6/h2-4H,1H3. The summed E-state index contributed by atoms with van der Waals surface area (Å²) in [6, 6.07) is 6.91. The molecule has 3 heteroatoms. The summed E-state index contributed by atoms with van der Waals surface area (Å²) in [7, 11) is 0. The minimum absolute atomic E-state index is 0.243. The van der Waals surface area contributed by atoms with Crippen molar-refractivity contribution in [1.82, 2.24) is 0 Å². The molecule has 1 aromatic carbocycles. The van der Waals surface area contributed by atoms with E-state index in [-0.39, 0.29) is 5.82 Å². The van der Waals surface area contributed by atoms with E-state index in [0.717, 1.165) is 10.3 Å². The van der Waals surface area contributed by atoms with Crippen LogP contribution in [0.2, 0.25) is 0 Å². The second-order valence-corrected chi connectivity index (χ2v) is 3.99. The van der Waals surface area contributed by atoms with Gasteiger partial charge in [-0.25, -0.2) is 4.39 Å². The number of rotatable bonds is 0. The Morgan fingerprint density at radius 3 is 2.92 bits per heavy atom. The van der Waals surface area contributed by atoms with E-state index >= 15 is 0 Å². The average Bonchev–Trinajstić information content (AvgIpc) is 2.43. The van der Waals surface area contributed by atoms with Gasteiger partial charge in [0.15, 0.2) is 0 Å². The highest BCUT2D eigenvalue weighted by atomic mass is 32.1. The maximum atomic E-state index is 13.2. The van der Waals surface area contributed by atoms with Gasteiger partial charge in [0.1, 0.15) is 11.9 Å². The van der Waals surface area contributed by atoms with Crippen LogP contribution in [0.4, 0.5) is 4.39 Å². The highest BCUT2D eigenvalue weighted by molar-refractivity contribution is 7.19. The molecule has 0 N–H and O–H groups in total. The third-order valence-electron chi connectivity index (χ3n) is 1.96. The number of benzene rings is 1. The highest BCUT2D eigenvalue weighted by Crippen LogP contribution is 2.31. The molecule has 1 aromatic heterocycles. The van der Waals surface area contributed by atoms with Crippen molar-refractivity contribution < 1.29 is 4.39 Å². The molecule has 2 aromatic rings. The lowest BCUT2D eigenvalue weighted by Crippen LogP contribution is -1.75. The molecular weight excluding hydrogens is 185 g/mol. The molecule has 0 aliphatic rings. The zero-order valence-corrected chi connectivity index (χ0v) is 7.78. The first kappa shape index (κ1) is 8.21. The summed E-state index contributed by atoms with van der Waals surface area (Å²) in [6.07, 6.45) is 0. The number of aryl methyl sites for hydroxylation is 1. The molecule has 1 nitrogen and oxygen atoms in total. The van der Waals surface area contributed by atoms with Gasteiger partial charge in [0.05, 0.1) is 10.3 Å². The Kier molecular flexibility index (Phi) is 1.78. The Morgan fingerprint density at radius 2 is 2.23 bits per heavy atom. The van der Waals surface area contributed by atoms with Crippen molar-refractivity contribution in [3.8, 4) is 6.07 Å². The smallest absolute Gasteiger partial charge is 0.141 e. The molecule has 0 aliphatic heterocycles. The molecule has 0 atom stereocenters. The number of nitriles is 1. The first-order valence-electron chi connectivity index (χ1n) is 3.81. The Hall–Kier alpha value is -1.40. The maximum absolute atomic E-state index is 13.2. The molecule has 13 heavy (non-hydrogen) atoms. The third-order valence-corrected chi connectivity index (χ3v) is 3.08. The van der Waals surface area contributed by atoms with Gasteiger partial charge in [-0.15, -0.1) is 11.3 Å². The second kappa shape index (κ2) is 2.82. The number of fused-ring (bicyclic) bond motifs is 1. The van der Waals surface area contributed by atoms with Gasteiger partial charge >= 0.3 is 0 Å². The molecule has 0 spiro atoms. The van der Waals surface area contributed by atoms with Crippen LogP contribution in [0.1, 0.15) is 10.4 Å². The van der Waals surface area contributed by atoms with E-state index in [0.29, 0.717) is 10.3 Å². The Morgan fingerprint density at radius 1 is 1.46 bits per heavy atom. The van der Waals surface area contributed by atoms with Crippen molar-refractivity contribution in [3.63, 3.8) is 0 Å². The van der Waals surface area contributed by atoms with Gasteiger partial charge in [-0.1, -0.05) is 12.1 Å². The van der Waals surface area contributed by atoms with Crippen LogP contribution in [-0.4, -0.2) is 0 Å². The van der Waals surface area contributed by atoms with Crippen molar-refractivity contribution in [2.75, 3.05) is 0 Å². The number of thiophene rings is 1. The lowest BCUT2D eigenvalue weighted by molar-refractivity contribution is 0.641. The summed E-state index contributed by atoms with van der Waals surface area (Å²) in [5.74, 6) is -0.243. The van der Waals surface area contributed by atoms with Crippen LogP contribution >= 0.6 is 11.3 Å². The van der Waals surface area contributed by atoms with Crippen LogP contribution in [0, 0.1) is 24.1 Å². The Balaban J connectivity index is 2.96. The summed E-state index contributed by atoms with van der Waals surface area (Å²) in [5.41, 5.74) is 0.597. The Labute approximate surface area is 79.0 Å². The quantitative estimate of drug-likeness (QED) is 0.627. The maximum Gasteiger partial charge on any atom is 0.141 e. The lowest BCUT2D eigenvalue weighted by atomic mass is 10.1. The van der Waals surface area contributed by atoms with Crippen LogP contribution in [0.15, 0.2) is 18.2 Å². The van der Waals surface area contributed by atoms with Crippen LogP contribution < -0.4 is 0 Å². The number of hydrogen-bond donors (Lipinski definition) is 0. The van der Waals surface area contributed by atoms with Crippen molar-refractivity contribution in [2.24, 2.45) is 0 Å². The number of hydrogen-bond acceptors (Lipinski definition) is 2. The van der Waals surface area contributed by atoms with Crippen LogP contribution in [-0.2, 0) is 0 Å². The zero-order valence-electron chi connectivity index (χ0n) is 6.97. The van der Waals surface area contributed by atoms with Gasteiger partial charge in [0.25, 0.3) is 0 Å². The SMILES string of the molecule is Cc1sc2c(F)cccc2c1C#N. The molecule has 64 valence electrons. The fraction of sp³-hybridized carbons (Fsp3) is 0.100. The van der Waals surface area contributed by atoms with E-state index in [9.17, 15) is 4.39 Å². The van der Waals surface area contributed by atoms with Gasteiger partial charge in [-0.05, 0) is 13.0 Å². The van der Waals surface area contributed by atoms with E-state index in [1.807, 2.05) is 6.92 Å². The predicted molar refractivity (Wildman–Crippen MR) is 51.2 cm³/mol. The van der Waals surface area contributed by atoms with E-state index < -0.39 is 0 Å². The molecule has 0 saturated heterocycles. The van der Waals surface area contributed by atoms with Crippen LogP contribution in [0.25, 0.3) is 10.1 Å². The van der Waals surface area contributed by atoms with E-state index in [1.165, 1.54) is 17.4 Å². The van der Waals surface area contributed by atoms with Gasteiger partial charge in [-0.2, -0.15) is 5.26 Å².